The van der Waals surface area contributed by atoms with Crippen molar-refractivity contribution in [2.75, 3.05) is 6.61 Å². The molecule has 1 aliphatic heterocycles. The molecular weight excluding hydrogens is 188 g/mol. The van der Waals surface area contributed by atoms with Crippen molar-refractivity contribution in [3.8, 4) is 0 Å². The first-order valence-electron chi connectivity index (χ1n) is 5.89. The fourth-order valence-corrected chi connectivity index (χ4v) is 2.47. The summed E-state index contributed by atoms with van der Waals surface area (Å²) in [7, 11) is 0. The second-order valence-electron chi connectivity index (χ2n) is 5.23. The third-order valence-electron chi connectivity index (χ3n) is 3.73. The molecule has 0 unspecified atom stereocenters. The highest BCUT2D eigenvalue weighted by Crippen LogP contribution is 2.35. The summed E-state index contributed by atoms with van der Waals surface area (Å²) in [6.45, 7) is 6.76. The van der Waals surface area contributed by atoms with E-state index in [1.807, 2.05) is 13.8 Å². The van der Waals surface area contributed by atoms with Gasteiger partial charge in [0.15, 0.2) is 5.78 Å². The van der Waals surface area contributed by atoms with Crippen LogP contribution in [-0.4, -0.2) is 18.0 Å². The monoisotopic (exact) mass is 208 g/mol. The van der Waals surface area contributed by atoms with Crippen molar-refractivity contribution in [3.05, 3.63) is 11.1 Å². The van der Waals surface area contributed by atoms with Gasteiger partial charge in [-0.1, -0.05) is 18.1 Å². The second-order valence-corrected chi connectivity index (χ2v) is 5.23. The number of allylic oxidation sites excluding steroid dienone is 2. The van der Waals surface area contributed by atoms with Gasteiger partial charge in [-0.25, -0.2) is 0 Å². The van der Waals surface area contributed by atoms with E-state index in [2.05, 4.69) is 6.92 Å². The summed E-state index contributed by atoms with van der Waals surface area (Å²) in [5.74, 6) is 0.412. The number of rotatable bonds is 4. The summed E-state index contributed by atoms with van der Waals surface area (Å²) < 4.78 is 5.20. The first kappa shape index (κ1) is 10.9. The first-order valence-corrected chi connectivity index (χ1v) is 5.89. The third kappa shape index (κ3) is 2.15. The number of carbonyl (C=O) groups is 1. The van der Waals surface area contributed by atoms with E-state index in [1.165, 1.54) is 30.4 Å². The lowest BCUT2D eigenvalue weighted by atomic mass is 9.89. The Bertz CT molecular complexity index is 310. The summed E-state index contributed by atoms with van der Waals surface area (Å²) in [5.41, 5.74) is 2.59. The molecule has 2 aliphatic rings. The Morgan fingerprint density at radius 2 is 2.20 bits per heavy atom. The number of carbonyl (C=O) groups excluding carboxylic acids is 1. The van der Waals surface area contributed by atoms with Gasteiger partial charge in [-0.3, -0.25) is 4.79 Å². The van der Waals surface area contributed by atoms with Crippen LogP contribution in [0.4, 0.5) is 0 Å². The van der Waals surface area contributed by atoms with E-state index in [-0.39, 0.29) is 11.7 Å². The Balaban J connectivity index is 1.95. The molecule has 2 rings (SSSR count). The highest BCUT2D eigenvalue weighted by atomic mass is 16.6. The largest absolute Gasteiger partial charge is 0.362 e. The molecule has 1 fully saturated rings. The van der Waals surface area contributed by atoms with Gasteiger partial charge in [0.05, 0.1) is 6.61 Å². The minimum Gasteiger partial charge on any atom is -0.362 e. The molecular formula is C13H20O2. The van der Waals surface area contributed by atoms with Crippen molar-refractivity contribution >= 4 is 5.78 Å². The van der Waals surface area contributed by atoms with Gasteiger partial charge in [-0.05, 0) is 39.5 Å². The zero-order valence-electron chi connectivity index (χ0n) is 9.93. The van der Waals surface area contributed by atoms with Crippen molar-refractivity contribution in [2.45, 2.75) is 52.1 Å². The van der Waals surface area contributed by atoms with Crippen LogP contribution < -0.4 is 0 Å². The molecule has 1 heterocycles. The minimum absolute atomic E-state index is 0.126. The topological polar surface area (TPSA) is 29.6 Å². The maximum atomic E-state index is 12.0. The Kier molecular flexibility index (Phi) is 2.72. The Labute approximate surface area is 91.7 Å². The molecule has 1 saturated heterocycles. The van der Waals surface area contributed by atoms with E-state index in [1.54, 1.807) is 0 Å². The van der Waals surface area contributed by atoms with Crippen LogP contribution >= 0.6 is 0 Å². The van der Waals surface area contributed by atoms with Gasteiger partial charge in [0.1, 0.15) is 5.60 Å². The van der Waals surface area contributed by atoms with Crippen LogP contribution in [0.2, 0.25) is 0 Å². The van der Waals surface area contributed by atoms with E-state index in [9.17, 15) is 4.79 Å². The average molecular weight is 208 g/mol. The van der Waals surface area contributed by atoms with Crippen molar-refractivity contribution in [3.63, 3.8) is 0 Å². The van der Waals surface area contributed by atoms with Gasteiger partial charge in [0, 0.05) is 5.92 Å². The van der Waals surface area contributed by atoms with Crippen molar-refractivity contribution in [1.29, 1.82) is 0 Å². The number of ether oxygens (including phenoxy) is 1. The molecule has 0 amide bonds. The van der Waals surface area contributed by atoms with Gasteiger partial charge in [-0.15, -0.1) is 0 Å². The maximum absolute atomic E-state index is 12.0. The molecule has 84 valence electrons. The van der Waals surface area contributed by atoms with Crippen molar-refractivity contribution in [2.24, 2.45) is 5.92 Å². The normalized spacial score (nSPS) is 31.9. The van der Waals surface area contributed by atoms with Gasteiger partial charge in [0.25, 0.3) is 0 Å². The number of hydrogen-bond donors (Lipinski definition) is 0. The van der Waals surface area contributed by atoms with Crippen LogP contribution in [0.1, 0.15) is 46.5 Å². The molecule has 1 aliphatic carbocycles. The molecule has 2 nitrogen and oxygen atoms in total. The van der Waals surface area contributed by atoms with Gasteiger partial charge in [-0.2, -0.15) is 0 Å². The lowest BCUT2D eigenvalue weighted by molar-refractivity contribution is -0.127. The van der Waals surface area contributed by atoms with Gasteiger partial charge < -0.3 is 4.74 Å². The minimum atomic E-state index is -0.438. The number of hydrogen-bond acceptors (Lipinski definition) is 2. The highest BCUT2D eigenvalue weighted by molar-refractivity contribution is 5.91. The maximum Gasteiger partial charge on any atom is 0.169 e. The second kappa shape index (κ2) is 3.75. The predicted molar refractivity (Wildman–Crippen MR) is 59.7 cm³/mol. The Hall–Kier alpha value is -0.630. The molecule has 0 N–H and O–H groups in total. The molecule has 2 heteroatoms. The van der Waals surface area contributed by atoms with Gasteiger partial charge >= 0.3 is 0 Å². The van der Waals surface area contributed by atoms with Crippen LogP contribution in [0.3, 0.4) is 0 Å². The van der Waals surface area contributed by atoms with Crippen LogP contribution in [-0.2, 0) is 9.53 Å². The molecule has 0 aromatic carbocycles. The first-order chi connectivity index (χ1) is 7.03. The van der Waals surface area contributed by atoms with Crippen LogP contribution in [0.5, 0.6) is 0 Å². The molecule has 0 saturated carbocycles. The third-order valence-corrected chi connectivity index (χ3v) is 3.73. The van der Waals surface area contributed by atoms with E-state index in [4.69, 9.17) is 4.74 Å². The number of Topliss-reactive ketones (excluding diaryl/α,β-unsaturated/α-hetero) is 1. The lowest BCUT2D eigenvalue weighted by Crippen LogP contribution is -2.27. The average Bonchev–Trinajstić information content (AvgIpc) is 2.83. The molecule has 2 atom stereocenters. The molecule has 15 heavy (non-hydrogen) atoms. The molecule has 0 aromatic rings. The fourth-order valence-electron chi connectivity index (χ4n) is 2.47. The van der Waals surface area contributed by atoms with E-state index in [0.29, 0.717) is 6.61 Å². The van der Waals surface area contributed by atoms with E-state index >= 15 is 0 Å². The molecule has 0 bridgehead atoms. The SMILES string of the molecule is CC1=C(C[C@H](C)C(=O)[C@@]2(C)CO2)CCC1. The van der Waals surface area contributed by atoms with Crippen molar-refractivity contribution < 1.29 is 9.53 Å². The zero-order valence-corrected chi connectivity index (χ0v) is 9.93. The summed E-state index contributed by atoms with van der Waals surface area (Å²) in [6.07, 6.45) is 4.64. The lowest BCUT2D eigenvalue weighted by Gasteiger charge is -2.14. The van der Waals surface area contributed by atoms with Crippen LogP contribution in [0, 0.1) is 5.92 Å². The molecule has 0 spiro atoms. The number of ketones is 1. The summed E-state index contributed by atoms with van der Waals surface area (Å²) in [4.78, 5) is 12.0. The summed E-state index contributed by atoms with van der Waals surface area (Å²) in [5, 5.41) is 0. The smallest absolute Gasteiger partial charge is 0.169 e. The van der Waals surface area contributed by atoms with Crippen LogP contribution in [0.25, 0.3) is 0 Å². The zero-order chi connectivity index (χ0) is 11.1. The van der Waals surface area contributed by atoms with E-state index < -0.39 is 5.60 Å². The van der Waals surface area contributed by atoms with Gasteiger partial charge in [0.2, 0.25) is 0 Å². The quantitative estimate of drug-likeness (QED) is 0.525. The standard InChI is InChI=1S/C13H20O2/c1-9-5-4-6-11(9)7-10(2)12(14)13(3)8-15-13/h10H,4-8H2,1-3H3/t10-,13+/m0/s1. The molecule has 0 aromatic heterocycles. The molecule has 0 radical (unpaired) electrons. The highest BCUT2D eigenvalue weighted by Gasteiger charge is 2.48. The Morgan fingerprint density at radius 3 is 2.67 bits per heavy atom. The van der Waals surface area contributed by atoms with Crippen molar-refractivity contribution in [1.82, 2.24) is 0 Å². The van der Waals surface area contributed by atoms with E-state index in [0.717, 1.165) is 6.42 Å². The fraction of sp³-hybridized carbons (Fsp3) is 0.769. The summed E-state index contributed by atoms with van der Waals surface area (Å²) >= 11 is 0. The van der Waals surface area contributed by atoms with Crippen LogP contribution in [0.15, 0.2) is 11.1 Å². The Morgan fingerprint density at radius 1 is 1.53 bits per heavy atom. The number of epoxide rings is 1. The predicted octanol–water partition coefficient (Wildman–Crippen LogP) is 2.87. The summed E-state index contributed by atoms with van der Waals surface area (Å²) in [6, 6.07) is 0.